The number of nitrogens with one attached hydrogen (secondary N) is 1. The van der Waals surface area contributed by atoms with E-state index in [9.17, 15) is 4.91 Å². The lowest BCUT2D eigenvalue weighted by Crippen LogP contribution is -2.24. The fourth-order valence-electron chi connectivity index (χ4n) is 1.40. The molecule has 1 unspecified atom stereocenters. The summed E-state index contributed by atoms with van der Waals surface area (Å²) in [5.74, 6) is 0.576. The molecule has 0 aliphatic carbocycles. The summed E-state index contributed by atoms with van der Waals surface area (Å²) in [4.78, 5) is 13.5. The number of aryl methyl sites for hydroxylation is 1. The van der Waals surface area contributed by atoms with E-state index in [0.717, 1.165) is 13.0 Å². The maximum Gasteiger partial charge on any atom is 0.381 e. The van der Waals surface area contributed by atoms with Crippen molar-refractivity contribution in [3.8, 4) is 5.88 Å². The van der Waals surface area contributed by atoms with Gasteiger partial charge in [0, 0.05) is 13.5 Å². The second-order valence-electron chi connectivity index (χ2n) is 4.05. The average molecular weight is 318 g/mol. The van der Waals surface area contributed by atoms with Crippen LogP contribution in [-0.2, 0) is 4.74 Å². The molecule has 18 heavy (non-hydrogen) atoms. The van der Waals surface area contributed by atoms with Crippen molar-refractivity contribution in [3.05, 3.63) is 21.1 Å². The van der Waals surface area contributed by atoms with Crippen molar-refractivity contribution in [2.45, 2.75) is 33.3 Å². The molecule has 0 aliphatic rings. The highest BCUT2D eigenvalue weighted by Gasteiger charge is 2.18. The second kappa shape index (κ2) is 7.43. The van der Waals surface area contributed by atoms with Gasteiger partial charge in [-0.05, 0) is 40.5 Å². The Morgan fingerprint density at radius 3 is 2.89 bits per heavy atom. The fourth-order valence-corrected chi connectivity index (χ4v) is 1.81. The molecule has 1 rings (SSSR count). The Kier molecular flexibility index (Phi) is 6.21. The van der Waals surface area contributed by atoms with Crippen LogP contribution in [0.4, 0.5) is 5.69 Å². The van der Waals surface area contributed by atoms with Gasteiger partial charge in [0.1, 0.15) is 10.6 Å². The van der Waals surface area contributed by atoms with E-state index < -0.39 is 0 Å². The standard InChI is InChI=1S/C12H17BrN2O3/c1-4-5-17-7-8(2)18-12-10(13)6-11(15-16)9(3)14-12/h6,8H,4-5,7H2,1-3H3/p+1. The third kappa shape index (κ3) is 4.34. The summed E-state index contributed by atoms with van der Waals surface area (Å²) in [5, 5.41) is 2.92. The zero-order valence-corrected chi connectivity index (χ0v) is 12.4. The Morgan fingerprint density at radius 2 is 2.28 bits per heavy atom. The first-order valence-corrected chi connectivity index (χ1v) is 6.68. The molecule has 0 saturated heterocycles. The Morgan fingerprint density at radius 1 is 1.56 bits per heavy atom. The molecule has 1 atom stereocenters. The van der Waals surface area contributed by atoms with E-state index in [1.54, 1.807) is 13.0 Å². The van der Waals surface area contributed by atoms with Crippen LogP contribution >= 0.6 is 15.9 Å². The van der Waals surface area contributed by atoms with E-state index >= 15 is 0 Å². The van der Waals surface area contributed by atoms with Crippen molar-refractivity contribution in [1.82, 2.24) is 0 Å². The van der Waals surface area contributed by atoms with Crippen LogP contribution in [0.3, 0.4) is 0 Å². The van der Waals surface area contributed by atoms with E-state index in [1.807, 2.05) is 6.92 Å². The van der Waals surface area contributed by atoms with Gasteiger partial charge in [0.25, 0.3) is 0 Å². The highest BCUT2D eigenvalue weighted by Crippen LogP contribution is 2.26. The molecule has 0 fully saturated rings. The zero-order valence-electron chi connectivity index (χ0n) is 10.8. The number of nitroso groups, excluding NO2 is 1. The molecule has 5 nitrogen and oxygen atoms in total. The number of hydrogen-bond acceptors (Lipinski definition) is 4. The lowest BCUT2D eigenvalue weighted by molar-refractivity contribution is -0.405. The topological polar surface area (TPSA) is 62.0 Å². The summed E-state index contributed by atoms with van der Waals surface area (Å²) in [6, 6.07) is 1.63. The van der Waals surface area contributed by atoms with E-state index in [1.165, 1.54) is 0 Å². The lowest BCUT2D eigenvalue weighted by atomic mass is 10.3. The van der Waals surface area contributed by atoms with Crippen LogP contribution < -0.4 is 9.72 Å². The maximum atomic E-state index is 10.5. The lowest BCUT2D eigenvalue weighted by Gasteiger charge is -2.12. The molecule has 100 valence electrons. The van der Waals surface area contributed by atoms with E-state index in [0.29, 0.717) is 28.3 Å². The normalized spacial score (nSPS) is 12.2. The molecule has 0 aromatic carbocycles. The molecule has 0 aliphatic heterocycles. The van der Waals surface area contributed by atoms with Crippen LogP contribution in [0.15, 0.2) is 15.7 Å². The van der Waals surface area contributed by atoms with Gasteiger partial charge in [-0.2, -0.15) is 4.98 Å². The summed E-state index contributed by atoms with van der Waals surface area (Å²) < 4.78 is 11.8. The second-order valence-corrected chi connectivity index (χ2v) is 4.91. The predicted molar refractivity (Wildman–Crippen MR) is 72.1 cm³/mol. The summed E-state index contributed by atoms with van der Waals surface area (Å²) in [6.07, 6.45) is 0.917. The van der Waals surface area contributed by atoms with E-state index in [2.05, 4.69) is 33.0 Å². The summed E-state index contributed by atoms with van der Waals surface area (Å²) in [6.45, 7) is 7.02. The van der Waals surface area contributed by atoms with Gasteiger partial charge in [-0.15, -0.1) is 4.91 Å². The number of pyridine rings is 1. The van der Waals surface area contributed by atoms with Gasteiger partial charge in [-0.3, -0.25) is 0 Å². The monoisotopic (exact) mass is 317 g/mol. The van der Waals surface area contributed by atoms with Gasteiger partial charge in [-0.25, -0.2) is 0 Å². The van der Waals surface area contributed by atoms with Gasteiger partial charge < -0.3 is 9.47 Å². The molecule has 1 aromatic rings. The van der Waals surface area contributed by atoms with Crippen molar-refractivity contribution in [2.24, 2.45) is 5.18 Å². The van der Waals surface area contributed by atoms with Crippen molar-refractivity contribution >= 4 is 21.6 Å². The Hall–Kier alpha value is -1.01. The van der Waals surface area contributed by atoms with E-state index in [4.69, 9.17) is 9.47 Å². The maximum absolute atomic E-state index is 10.5. The van der Waals surface area contributed by atoms with Crippen molar-refractivity contribution in [2.75, 3.05) is 13.2 Å². The molecule has 0 spiro atoms. The molecule has 1 N–H and O–H groups in total. The van der Waals surface area contributed by atoms with Crippen molar-refractivity contribution in [1.29, 1.82) is 0 Å². The number of hydrogen-bond donors (Lipinski definition) is 0. The smallest absolute Gasteiger partial charge is 0.381 e. The molecule has 0 amide bonds. The molecule has 6 heteroatoms. The van der Waals surface area contributed by atoms with Crippen LogP contribution in [0.5, 0.6) is 5.88 Å². The fraction of sp³-hybridized carbons (Fsp3) is 0.583. The highest BCUT2D eigenvalue weighted by atomic mass is 79.9. The first-order chi connectivity index (χ1) is 8.58. The van der Waals surface area contributed by atoms with Crippen LogP contribution in [0, 0.1) is 11.8 Å². The minimum Gasteiger partial charge on any atom is -0.438 e. The van der Waals surface area contributed by atoms with Crippen LogP contribution in [0.1, 0.15) is 26.0 Å². The van der Waals surface area contributed by atoms with Gasteiger partial charge >= 0.3 is 5.88 Å². The number of rotatable bonds is 7. The van der Waals surface area contributed by atoms with Crippen molar-refractivity contribution < 1.29 is 14.5 Å². The Balaban J connectivity index is 2.66. The first kappa shape index (κ1) is 15.0. The number of ether oxygens (including phenoxy) is 2. The number of aromatic nitrogens is 1. The largest absolute Gasteiger partial charge is 0.438 e. The summed E-state index contributed by atoms with van der Waals surface area (Å²) in [7, 11) is 0. The first-order valence-electron chi connectivity index (χ1n) is 5.88. The molecule has 1 aromatic heterocycles. The molecule has 0 radical (unpaired) electrons. The van der Waals surface area contributed by atoms with Crippen molar-refractivity contribution in [3.63, 3.8) is 0 Å². The van der Waals surface area contributed by atoms with Crippen LogP contribution in [0.2, 0.25) is 0 Å². The minimum absolute atomic E-state index is 0.0708. The number of halogens is 1. The van der Waals surface area contributed by atoms with Crippen LogP contribution in [-0.4, -0.2) is 19.3 Å². The number of H-pyrrole nitrogens is 1. The molecule has 0 bridgehead atoms. The average Bonchev–Trinajstić information content (AvgIpc) is 2.33. The zero-order chi connectivity index (χ0) is 13.5. The minimum atomic E-state index is -0.0708. The molecule has 1 heterocycles. The molecular weight excluding hydrogens is 300 g/mol. The van der Waals surface area contributed by atoms with Gasteiger partial charge in [0.2, 0.25) is 5.69 Å². The predicted octanol–water partition coefficient (Wildman–Crippen LogP) is 3.16. The number of nitrogens with zero attached hydrogens (tertiary/aromatic N) is 1. The van der Waals surface area contributed by atoms with E-state index in [-0.39, 0.29) is 6.10 Å². The number of aromatic amines is 1. The summed E-state index contributed by atoms with van der Waals surface area (Å²) in [5.41, 5.74) is 1.04. The van der Waals surface area contributed by atoms with Gasteiger partial charge in [0.05, 0.1) is 6.61 Å². The molecular formula is C12H18BrN2O3+. The highest BCUT2D eigenvalue weighted by molar-refractivity contribution is 9.10. The Bertz CT molecular complexity index is 413. The summed E-state index contributed by atoms with van der Waals surface area (Å²) >= 11 is 3.34. The third-order valence-corrected chi connectivity index (χ3v) is 2.87. The van der Waals surface area contributed by atoms with Gasteiger partial charge in [0.15, 0.2) is 5.69 Å². The van der Waals surface area contributed by atoms with Crippen LogP contribution in [0.25, 0.3) is 0 Å². The quantitative estimate of drug-likeness (QED) is 0.573. The Labute approximate surface area is 115 Å². The molecule has 0 saturated carbocycles. The SMILES string of the molecule is CCCOCC(C)Oc1[nH+]c(C)c(N=O)cc1Br. The third-order valence-electron chi connectivity index (χ3n) is 2.28. The van der Waals surface area contributed by atoms with Gasteiger partial charge in [-0.1, -0.05) is 6.92 Å².